The third-order valence-corrected chi connectivity index (χ3v) is 4.96. The fraction of sp³-hybridized carbons (Fsp3) is 0.238. The monoisotopic (exact) mass is 393 g/mol. The highest BCUT2D eigenvalue weighted by Gasteiger charge is 2.46. The molecule has 8 nitrogen and oxygen atoms in total. The van der Waals surface area contributed by atoms with Gasteiger partial charge in [0.25, 0.3) is 11.8 Å². The largest absolute Gasteiger partial charge is 0.457 e. The van der Waals surface area contributed by atoms with Crippen LogP contribution in [-0.4, -0.2) is 41.6 Å². The van der Waals surface area contributed by atoms with Crippen molar-refractivity contribution in [3.63, 3.8) is 0 Å². The van der Waals surface area contributed by atoms with E-state index in [1.807, 2.05) is 19.2 Å². The molecule has 0 spiro atoms. The quantitative estimate of drug-likeness (QED) is 0.748. The van der Waals surface area contributed by atoms with Gasteiger partial charge in [-0.25, -0.2) is 0 Å². The highest BCUT2D eigenvalue weighted by atomic mass is 16.5. The lowest BCUT2D eigenvalue weighted by Gasteiger charge is -2.27. The van der Waals surface area contributed by atoms with Gasteiger partial charge in [-0.1, -0.05) is 18.2 Å². The molecule has 2 N–H and O–H groups in total. The molecule has 29 heavy (non-hydrogen) atoms. The molecule has 1 atom stereocenters. The molecule has 2 aromatic carbocycles. The van der Waals surface area contributed by atoms with Gasteiger partial charge >= 0.3 is 0 Å². The van der Waals surface area contributed by atoms with E-state index in [-0.39, 0.29) is 29.7 Å². The second-order valence-corrected chi connectivity index (χ2v) is 6.90. The molecule has 0 aromatic heterocycles. The number of nitrogens with zero attached hydrogens (tertiary/aromatic N) is 1. The van der Waals surface area contributed by atoms with Crippen molar-refractivity contribution in [2.75, 3.05) is 7.05 Å². The van der Waals surface area contributed by atoms with Gasteiger partial charge in [0.2, 0.25) is 11.8 Å². The first-order valence-corrected chi connectivity index (χ1v) is 9.25. The molecule has 148 valence electrons. The number of amides is 4. The van der Waals surface area contributed by atoms with Crippen molar-refractivity contribution in [2.24, 2.45) is 0 Å². The predicted molar refractivity (Wildman–Crippen MR) is 102 cm³/mol. The molecule has 2 aliphatic heterocycles. The van der Waals surface area contributed by atoms with E-state index < -0.39 is 29.7 Å². The molecule has 1 fully saturated rings. The van der Waals surface area contributed by atoms with Crippen molar-refractivity contribution < 1.29 is 23.9 Å². The molecule has 1 unspecified atom stereocenters. The van der Waals surface area contributed by atoms with Crippen molar-refractivity contribution in [1.82, 2.24) is 15.5 Å². The van der Waals surface area contributed by atoms with Crippen LogP contribution in [0.25, 0.3) is 0 Å². The molecule has 8 heteroatoms. The van der Waals surface area contributed by atoms with Gasteiger partial charge in [0.05, 0.1) is 11.1 Å². The number of imide groups is 2. The minimum Gasteiger partial charge on any atom is -0.457 e. The number of fused-ring (bicyclic) bond motifs is 1. The van der Waals surface area contributed by atoms with E-state index in [2.05, 4.69) is 10.6 Å². The van der Waals surface area contributed by atoms with E-state index >= 15 is 0 Å². The molecule has 0 radical (unpaired) electrons. The van der Waals surface area contributed by atoms with Gasteiger partial charge < -0.3 is 10.1 Å². The molecule has 0 saturated carbocycles. The first-order valence-electron chi connectivity index (χ1n) is 9.25. The number of piperidine rings is 1. The first-order chi connectivity index (χ1) is 14.0. The summed E-state index contributed by atoms with van der Waals surface area (Å²) in [5.41, 5.74) is 1.39. The number of hydrogen-bond acceptors (Lipinski definition) is 6. The maximum atomic E-state index is 13.0. The number of hydrogen-bond donors (Lipinski definition) is 2. The van der Waals surface area contributed by atoms with Crippen molar-refractivity contribution in [3.8, 4) is 11.5 Å². The summed E-state index contributed by atoms with van der Waals surface area (Å²) in [6.07, 6.45) is 0.186. The summed E-state index contributed by atoms with van der Waals surface area (Å²) >= 11 is 0. The van der Waals surface area contributed by atoms with Crippen LogP contribution < -0.4 is 15.4 Å². The minimum absolute atomic E-state index is 0.0755. The van der Waals surface area contributed by atoms with Crippen LogP contribution in [0.3, 0.4) is 0 Å². The molecular formula is C21H19N3O5. The van der Waals surface area contributed by atoms with E-state index in [1.165, 1.54) is 6.07 Å². The average Bonchev–Trinajstić information content (AvgIpc) is 2.95. The van der Waals surface area contributed by atoms with Gasteiger partial charge in [-0.05, 0) is 43.3 Å². The van der Waals surface area contributed by atoms with E-state index in [0.29, 0.717) is 5.75 Å². The van der Waals surface area contributed by atoms with E-state index in [9.17, 15) is 19.2 Å². The SMILES string of the molecule is CNCc1ccc(Oc2cccc3c2C(=O)N(C2CCC(=O)NC2=O)C3=O)cc1. The Morgan fingerprint density at radius 3 is 2.52 bits per heavy atom. The van der Waals surface area contributed by atoms with Crippen molar-refractivity contribution in [2.45, 2.75) is 25.4 Å². The maximum Gasteiger partial charge on any atom is 0.266 e. The first kappa shape index (κ1) is 18.8. The zero-order chi connectivity index (χ0) is 20.5. The second-order valence-electron chi connectivity index (χ2n) is 6.90. The number of ether oxygens (including phenoxy) is 1. The Labute approximate surface area is 166 Å². The van der Waals surface area contributed by atoms with Crippen LogP contribution in [0.1, 0.15) is 39.1 Å². The summed E-state index contributed by atoms with van der Waals surface area (Å²) in [5, 5.41) is 5.24. The molecular weight excluding hydrogens is 374 g/mol. The Morgan fingerprint density at radius 2 is 1.83 bits per heavy atom. The minimum atomic E-state index is -1.01. The third kappa shape index (κ3) is 3.38. The summed E-state index contributed by atoms with van der Waals surface area (Å²) in [6, 6.07) is 11.1. The Kier molecular flexibility index (Phi) is 4.85. The van der Waals surface area contributed by atoms with E-state index in [0.717, 1.165) is 17.0 Å². The van der Waals surface area contributed by atoms with Crippen LogP contribution in [0.4, 0.5) is 0 Å². The van der Waals surface area contributed by atoms with Gasteiger partial charge in [0.1, 0.15) is 17.5 Å². The number of nitrogens with one attached hydrogen (secondary N) is 2. The Balaban J connectivity index is 1.62. The predicted octanol–water partition coefficient (Wildman–Crippen LogP) is 1.60. The zero-order valence-corrected chi connectivity index (χ0v) is 15.7. The van der Waals surface area contributed by atoms with Crippen LogP contribution in [0.2, 0.25) is 0 Å². The molecule has 0 bridgehead atoms. The zero-order valence-electron chi connectivity index (χ0n) is 15.7. The average molecular weight is 393 g/mol. The van der Waals surface area contributed by atoms with Crippen LogP contribution >= 0.6 is 0 Å². The summed E-state index contributed by atoms with van der Waals surface area (Å²) in [5.74, 6) is -1.43. The van der Waals surface area contributed by atoms with Crippen molar-refractivity contribution in [3.05, 3.63) is 59.2 Å². The normalized spacial score (nSPS) is 18.7. The van der Waals surface area contributed by atoms with Crippen LogP contribution in [0.5, 0.6) is 11.5 Å². The standard InChI is InChI=1S/C21H19N3O5/c1-22-11-12-5-7-13(8-6-12)29-16-4-2-3-14-18(16)21(28)24(20(14)27)15-9-10-17(25)23-19(15)26/h2-8,15,22H,9-11H2,1H3,(H,23,25,26). The fourth-order valence-corrected chi connectivity index (χ4v) is 3.58. The number of carbonyl (C=O) groups is 4. The third-order valence-electron chi connectivity index (χ3n) is 4.96. The highest BCUT2D eigenvalue weighted by molar-refractivity contribution is 6.24. The molecule has 4 amide bonds. The Hall–Kier alpha value is -3.52. The molecule has 2 heterocycles. The van der Waals surface area contributed by atoms with Crippen LogP contribution in [0, 0.1) is 0 Å². The summed E-state index contributed by atoms with van der Waals surface area (Å²) in [4.78, 5) is 50.4. The molecule has 1 saturated heterocycles. The summed E-state index contributed by atoms with van der Waals surface area (Å²) in [6.45, 7) is 0.717. The Bertz CT molecular complexity index is 1020. The fourth-order valence-electron chi connectivity index (χ4n) is 3.58. The smallest absolute Gasteiger partial charge is 0.266 e. The van der Waals surface area contributed by atoms with Gasteiger partial charge in [-0.3, -0.25) is 29.4 Å². The van der Waals surface area contributed by atoms with E-state index in [1.54, 1.807) is 24.3 Å². The Morgan fingerprint density at radius 1 is 1.07 bits per heavy atom. The second kappa shape index (κ2) is 7.48. The lowest BCUT2D eigenvalue weighted by molar-refractivity contribution is -0.136. The molecule has 4 rings (SSSR count). The maximum absolute atomic E-state index is 13.0. The lowest BCUT2D eigenvalue weighted by Crippen LogP contribution is -2.54. The number of carbonyl (C=O) groups excluding carboxylic acids is 4. The molecule has 2 aromatic rings. The summed E-state index contributed by atoms with van der Waals surface area (Å²) in [7, 11) is 1.86. The highest BCUT2D eigenvalue weighted by Crippen LogP contribution is 2.35. The van der Waals surface area contributed by atoms with Crippen molar-refractivity contribution >= 4 is 23.6 Å². The topological polar surface area (TPSA) is 105 Å². The number of rotatable bonds is 5. The van der Waals surface area contributed by atoms with Gasteiger partial charge in [-0.2, -0.15) is 0 Å². The molecule has 2 aliphatic rings. The van der Waals surface area contributed by atoms with E-state index in [4.69, 9.17) is 4.74 Å². The molecule has 0 aliphatic carbocycles. The van der Waals surface area contributed by atoms with Gasteiger partial charge in [-0.15, -0.1) is 0 Å². The van der Waals surface area contributed by atoms with Crippen LogP contribution in [0.15, 0.2) is 42.5 Å². The van der Waals surface area contributed by atoms with Gasteiger partial charge in [0.15, 0.2) is 0 Å². The van der Waals surface area contributed by atoms with Crippen molar-refractivity contribution in [1.29, 1.82) is 0 Å². The number of benzene rings is 2. The van der Waals surface area contributed by atoms with Gasteiger partial charge in [0, 0.05) is 13.0 Å². The lowest BCUT2D eigenvalue weighted by atomic mass is 10.0. The summed E-state index contributed by atoms with van der Waals surface area (Å²) < 4.78 is 5.88. The van der Waals surface area contributed by atoms with Crippen LogP contribution in [-0.2, 0) is 16.1 Å².